The minimum atomic E-state index is 0. The predicted molar refractivity (Wildman–Crippen MR) is 70.8 cm³/mol. The van der Waals surface area contributed by atoms with Crippen LogP contribution >= 0.6 is 12.4 Å². The summed E-state index contributed by atoms with van der Waals surface area (Å²) in [5.41, 5.74) is 0. The van der Waals surface area contributed by atoms with E-state index in [9.17, 15) is 0 Å². The van der Waals surface area contributed by atoms with Crippen molar-refractivity contribution in [3.63, 3.8) is 0 Å². The number of hydrogen-bond acceptors (Lipinski definition) is 1. The summed E-state index contributed by atoms with van der Waals surface area (Å²) in [7, 11) is 0. The third kappa shape index (κ3) is 7.19. The largest absolute Gasteiger partial charge is 0.314 e. The summed E-state index contributed by atoms with van der Waals surface area (Å²) in [6.07, 6.45) is 11.4. The van der Waals surface area contributed by atoms with Gasteiger partial charge in [-0.3, -0.25) is 0 Å². The Labute approximate surface area is 102 Å². The zero-order chi connectivity index (χ0) is 10.2. The van der Waals surface area contributed by atoms with E-state index < -0.39 is 0 Å². The molecule has 2 heteroatoms. The highest BCUT2D eigenvalue weighted by Crippen LogP contribution is 2.22. The van der Waals surface area contributed by atoms with Gasteiger partial charge in [0, 0.05) is 6.04 Å². The molecule has 0 aliphatic heterocycles. The molecule has 1 fully saturated rings. The third-order valence-electron chi connectivity index (χ3n) is 3.47. The van der Waals surface area contributed by atoms with Gasteiger partial charge in [-0.05, 0) is 38.6 Å². The lowest BCUT2D eigenvalue weighted by Gasteiger charge is -2.24. The Hall–Kier alpha value is 0.250. The summed E-state index contributed by atoms with van der Waals surface area (Å²) in [4.78, 5) is 0. The smallest absolute Gasteiger partial charge is 0.00388 e. The Balaban J connectivity index is 0.00000196. The van der Waals surface area contributed by atoms with Crippen molar-refractivity contribution in [3.8, 4) is 0 Å². The van der Waals surface area contributed by atoms with Crippen LogP contribution in [0.15, 0.2) is 0 Å². The molecule has 0 saturated heterocycles. The van der Waals surface area contributed by atoms with E-state index in [1.165, 1.54) is 57.9 Å². The van der Waals surface area contributed by atoms with Crippen LogP contribution in [0, 0.1) is 5.92 Å². The van der Waals surface area contributed by atoms with Crippen LogP contribution in [0.3, 0.4) is 0 Å². The van der Waals surface area contributed by atoms with Gasteiger partial charge in [-0.1, -0.05) is 39.0 Å². The first-order valence-corrected chi connectivity index (χ1v) is 6.56. The topological polar surface area (TPSA) is 12.0 Å². The van der Waals surface area contributed by atoms with Gasteiger partial charge in [0.1, 0.15) is 0 Å². The van der Waals surface area contributed by atoms with Crippen LogP contribution in [0.25, 0.3) is 0 Å². The fourth-order valence-corrected chi connectivity index (χ4v) is 2.37. The molecule has 1 saturated carbocycles. The zero-order valence-corrected chi connectivity index (χ0v) is 11.2. The van der Waals surface area contributed by atoms with Gasteiger partial charge in [-0.2, -0.15) is 0 Å². The van der Waals surface area contributed by atoms with Crippen molar-refractivity contribution >= 4 is 12.4 Å². The molecule has 92 valence electrons. The Bertz CT molecular complexity index is 132. The lowest BCUT2D eigenvalue weighted by Crippen LogP contribution is -2.31. The van der Waals surface area contributed by atoms with Crippen LogP contribution in [0.5, 0.6) is 0 Å². The molecule has 0 aromatic rings. The van der Waals surface area contributed by atoms with Crippen LogP contribution in [0.2, 0.25) is 0 Å². The van der Waals surface area contributed by atoms with Gasteiger partial charge in [0.2, 0.25) is 0 Å². The van der Waals surface area contributed by atoms with Crippen LogP contribution in [-0.4, -0.2) is 12.6 Å². The standard InChI is InChI=1S/C13H27N.ClH/c1-3-4-8-12(2)14-11-13-9-6-5-7-10-13;/h12-14H,3-11H2,1-2H3;1H. The highest BCUT2D eigenvalue weighted by atomic mass is 35.5. The molecule has 1 aliphatic carbocycles. The maximum Gasteiger partial charge on any atom is 0.00388 e. The molecule has 1 N–H and O–H groups in total. The minimum Gasteiger partial charge on any atom is -0.314 e. The van der Waals surface area contributed by atoms with Crippen molar-refractivity contribution in [3.05, 3.63) is 0 Å². The molecule has 0 aromatic carbocycles. The van der Waals surface area contributed by atoms with Crippen LogP contribution in [0.4, 0.5) is 0 Å². The molecule has 0 heterocycles. The number of hydrogen-bond donors (Lipinski definition) is 1. The molecule has 1 aliphatic rings. The molecule has 0 radical (unpaired) electrons. The lowest BCUT2D eigenvalue weighted by molar-refractivity contribution is 0.326. The highest BCUT2D eigenvalue weighted by Gasteiger charge is 2.13. The Morgan fingerprint density at radius 3 is 2.47 bits per heavy atom. The number of unbranched alkanes of at least 4 members (excludes halogenated alkanes) is 1. The van der Waals surface area contributed by atoms with Crippen LogP contribution in [-0.2, 0) is 0 Å². The molecule has 1 nitrogen and oxygen atoms in total. The van der Waals surface area contributed by atoms with Crippen molar-refractivity contribution in [1.82, 2.24) is 5.32 Å². The van der Waals surface area contributed by atoms with Gasteiger partial charge in [-0.25, -0.2) is 0 Å². The quantitative estimate of drug-likeness (QED) is 0.727. The first kappa shape index (κ1) is 15.2. The molecule has 1 atom stereocenters. The molecule has 0 amide bonds. The van der Waals surface area contributed by atoms with Crippen molar-refractivity contribution in [2.45, 2.75) is 71.3 Å². The normalized spacial score (nSPS) is 19.6. The highest BCUT2D eigenvalue weighted by molar-refractivity contribution is 5.85. The van der Waals surface area contributed by atoms with E-state index in [0.717, 1.165) is 12.0 Å². The monoisotopic (exact) mass is 233 g/mol. The molecule has 1 rings (SSSR count). The number of halogens is 1. The predicted octanol–water partition coefficient (Wildman–Crippen LogP) is 4.16. The van der Waals surface area contributed by atoms with Crippen molar-refractivity contribution in [1.29, 1.82) is 0 Å². The maximum absolute atomic E-state index is 3.69. The lowest BCUT2D eigenvalue weighted by atomic mass is 9.89. The Morgan fingerprint density at radius 2 is 1.87 bits per heavy atom. The van der Waals surface area contributed by atoms with E-state index in [0.29, 0.717) is 0 Å². The van der Waals surface area contributed by atoms with E-state index in [1.807, 2.05) is 0 Å². The van der Waals surface area contributed by atoms with E-state index in [-0.39, 0.29) is 12.4 Å². The van der Waals surface area contributed by atoms with Crippen LogP contribution < -0.4 is 5.32 Å². The van der Waals surface area contributed by atoms with E-state index in [2.05, 4.69) is 19.2 Å². The average Bonchev–Trinajstić information content (AvgIpc) is 2.25. The second-order valence-electron chi connectivity index (χ2n) is 4.96. The van der Waals surface area contributed by atoms with Gasteiger partial charge in [0.05, 0.1) is 0 Å². The van der Waals surface area contributed by atoms with E-state index >= 15 is 0 Å². The van der Waals surface area contributed by atoms with Crippen molar-refractivity contribution in [2.75, 3.05) is 6.54 Å². The first-order valence-electron chi connectivity index (χ1n) is 6.56. The van der Waals surface area contributed by atoms with Crippen molar-refractivity contribution < 1.29 is 0 Å². The summed E-state index contributed by atoms with van der Waals surface area (Å²) in [6, 6.07) is 0.733. The molecule has 15 heavy (non-hydrogen) atoms. The first-order chi connectivity index (χ1) is 6.83. The third-order valence-corrected chi connectivity index (χ3v) is 3.47. The molecule has 1 unspecified atom stereocenters. The average molecular weight is 234 g/mol. The van der Waals surface area contributed by atoms with Gasteiger partial charge >= 0.3 is 0 Å². The van der Waals surface area contributed by atoms with Gasteiger partial charge in [-0.15, -0.1) is 12.4 Å². The number of nitrogens with one attached hydrogen (secondary N) is 1. The summed E-state index contributed by atoms with van der Waals surface area (Å²) in [5.74, 6) is 0.979. The van der Waals surface area contributed by atoms with E-state index in [1.54, 1.807) is 0 Å². The fraction of sp³-hybridized carbons (Fsp3) is 1.00. The maximum atomic E-state index is 3.69. The summed E-state index contributed by atoms with van der Waals surface area (Å²) in [6.45, 7) is 5.87. The fourth-order valence-electron chi connectivity index (χ4n) is 2.37. The second kappa shape index (κ2) is 9.47. The summed E-state index contributed by atoms with van der Waals surface area (Å²) >= 11 is 0. The zero-order valence-electron chi connectivity index (χ0n) is 10.4. The van der Waals surface area contributed by atoms with E-state index in [4.69, 9.17) is 0 Å². The van der Waals surface area contributed by atoms with Gasteiger partial charge in [0.25, 0.3) is 0 Å². The molecular formula is C13H28ClN. The number of rotatable bonds is 6. The molecule has 0 aromatic heterocycles. The Kier molecular flexibility index (Phi) is 9.63. The Morgan fingerprint density at radius 1 is 1.20 bits per heavy atom. The van der Waals surface area contributed by atoms with Crippen molar-refractivity contribution in [2.24, 2.45) is 5.92 Å². The van der Waals surface area contributed by atoms with Crippen LogP contribution in [0.1, 0.15) is 65.2 Å². The minimum absolute atomic E-state index is 0. The van der Waals surface area contributed by atoms with Gasteiger partial charge < -0.3 is 5.32 Å². The second-order valence-corrected chi connectivity index (χ2v) is 4.96. The molecule has 0 spiro atoms. The molecular weight excluding hydrogens is 206 g/mol. The summed E-state index contributed by atoms with van der Waals surface area (Å²) < 4.78 is 0. The van der Waals surface area contributed by atoms with Gasteiger partial charge in [0.15, 0.2) is 0 Å². The summed E-state index contributed by atoms with van der Waals surface area (Å²) in [5, 5.41) is 3.69. The molecule has 0 bridgehead atoms. The SMILES string of the molecule is CCCCC(C)NCC1CCCCC1.Cl.